The second-order valence-corrected chi connectivity index (χ2v) is 6.79. The highest BCUT2D eigenvalue weighted by Crippen LogP contribution is 2.24. The number of piperidine rings is 1. The summed E-state index contributed by atoms with van der Waals surface area (Å²) in [7, 11) is 0. The molecule has 0 radical (unpaired) electrons. The summed E-state index contributed by atoms with van der Waals surface area (Å²) < 4.78 is 18.5. The van der Waals surface area contributed by atoms with E-state index in [1.165, 1.54) is 30.7 Å². The summed E-state index contributed by atoms with van der Waals surface area (Å²) in [6, 6.07) is 8.99. The van der Waals surface area contributed by atoms with Crippen LogP contribution in [0.2, 0.25) is 0 Å². The summed E-state index contributed by atoms with van der Waals surface area (Å²) in [5.74, 6) is 0.474. The number of benzene rings is 1. The lowest BCUT2D eigenvalue weighted by atomic mass is 10.1. The quantitative estimate of drug-likeness (QED) is 0.695. The van der Waals surface area contributed by atoms with Gasteiger partial charge >= 0.3 is 6.03 Å². The molecule has 2 atom stereocenters. The number of urea groups is 1. The largest absolute Gasteiger partial charge is 0.468 e. The summed E-state index contributed by atoms with van der Waals surface area (Å²) in [5, 5.41) is 15.6. The smallest absolute Gasteiger partial charge is 0.314 e. The molecular formula is C20H26FN3O3. The summed E-state index contributed by atoms with van der Waals surface area (Å²) in [6.45, 7) is 2.44. The van der Waals surface area contributed by atoms with E-state index in [0.29, 0.717) is 12.1 Å². The minimum atomic E-state index is -0.890. The molecule has 1 fully saturated rings. The number of hydrogen-bond donors (Lipinski definition) is 3. The van der Waals surface area contributed by atoms with Crippen LogP contribution in [0.5, 0.6) is 0 Å². The van der Waals surface area contributed by atoms with Crippen molar-refractivity contribution in [3.05, 3.63) is 59.8 Å². The lowest BCUT2D eigenvalue weighted by Crippen LogP contribution is -2.44. The molecule has 0 saturated carbocycles. The third-order valence-corrected chi connectivity index (χ3v) is 4.87. The Morgan fingerprint density at radius 1 is 1.11 bits per heavy atom. The Morgan fingerprint density at radius 3 is 2.48 bits per heavy atom. The van der Waals surface area contributed by atoms with Crippen LogP contribution in [0.1, 0.15) is 42.7 Å². The van der Waals surface area contributed by atoms with Gasteiger partial charge in [0.25, 0.3) is 0 Å². The maximum absolute atomic E-state index is 12.9. The highest BCUT2D eigenvalue weighted by Gasteiger charge is 2.25. The second-order valence-electron chi connectivity index (χ2n) is 6.79. The highest BCUT2D eigenvalue weighted by atomic mass is 19.1. The number of carbonyl (C=O) groups is 1. The molecule has 0 bridgehead atoms. The molecular weight excluding hydrogens is 349 g/mol. The minimum Gasteiger partial charge on any atom is -0.468 e. The van der Waals surface area contributed by atoms with Gasteiger partial charge in [-0.15, -0.1) is 0 Å². The van der Waals surface area contributed by atoms with Gasteiger partial charge in [-0.25, -0.2) is 9.18 Å². The van der Waals surface area contributed by atoms with Crippen molar-refractivity contribution in [3.63, 3.8) is 0 Å². The van der Waals surface area contributed by atoms with Crippen molar-refractivity contribution in [2.24, 2.45) is 0 Å². The van der Waals surface area contributed by atoms with Gasteiger partial charge in [-0.05, 0) is 55.8 Å². The number of aliphatic hydroxyl groups is 1. The zero-order valence-corrected chi connectivity index (χ0v) is 15.2. The first-order valence-electron chi connectivity index (χ1n) is 9.36. The maximum atomic E-state index is 12.9. The number of nitrogens with one attached hydrogen (secondary N) is 2. The van der Waals surface area contributed by atoms with E-state index in [0.717, 1.165) is 31.7 Å². The Morgan fingerprint density at radius 2 is 1.81 bits per heavy atom. The first-order chi connectivity index (χ1) is 13.1. The van der Waals surface area contributed by atoms with Crippen molar-refractivity contribution < 1.29 is 18.7 Å². The Balaban J connectivity index is 1.49. The molecule has 7 heteroatoms. The van der Waals surface area contributed by atoms with Gasteiger partial charge in [0.15, 0.2) is 0 Å². The van der Waals surface area contributed by atoms with Gasteiger partial charge in [0.2, 0.25) is 0 Å². The molecule has 0 spiro atoms. The summed E-state index contributed by atoms with van der Waals surface area (Å²) in [4.78, 5) is 14.5. The zero-order chi connectivity index (χ0) is 19.1. The number of carbonyl (C=O) groups excluding carboxylic acids is 1. The maximum Gasteiger partial charge on any atom is 0.314 e. The number of aliphatic hydroxyl groups excluding tert-OH is 1. The van der Waals surface area contributed by atoms with Crippen molar-refractivity contribution in [1.82, 2.24) is 15.5 Å². The van der Waals surface area contributed by atoms with Gasteiger partial charge in [-0.1, -0.05) is 18.6 Å². The normalized spacial score (nSPS) is 17.3. The monoisotopic (exact) mass is 375 g/mol. The molecule has 2 heterocycles. The first kappa shape index (κ1) is 19.4. The van der Waals surface area contributed by atoms with E-state index in [1.54, 1.807) is 6.26 Å². The molecule has 0 aliphatic carbocycles. The SMILES string of the molecule is O=C(NCC(O)c1ccc(F)cc1)NCC(c1ccco1)N1CCCCC1. The van der Waals surface area contributed by atoms with E-state index in [4.69, 9.17) is 4.42 Å². The van der Waals surface area contributed by atoms with Crippen LogP contribution in [0.25, 0.3) is 0 Å². The topological polar surface area (TPSA) is 77.7 Å². The van der Waals surface area contributed by atoms with Crippen LogP contribution in [0.3, 0.4) is 0 Å². The molecule has 3 rings (SSSR count). The van der Waals surface area contributed by atoms with Gasteiger partial charge in [0, 0.05) is 13.1 Å². The molecule has 1 aromatic heterocycles. The Labute approximate surface area is 158 Å². The average Bonchev–Trinajstić information content (AvgIpc) is 3.22. The second kappa shape index (κ2) is 9.53. The molecule has 146 valence electrons. The summed E-state index contributed by atoms with van der Waals surface area (Å²) in [5.41, 5.74) is 0.554. The van der Waals surface area contributed by atoms with Crippen LogP contribution in [0, 0.1) is 5.82 Å². The van der Waals surface area contributed by atoms with Gasteiger partial charge in [-0.3, -0.25) is 4.90 Å². The molecule has 1 saturated heterocycles. The van der Waals surface area contributed by atoms with E-state index >= 15 is 0 Å². The lowest BCUT2D eigenvalue weighted by molar-refractivity contribution is 0.142. The van der Waals surface area contributed by atoms with Gasteiger partial charge in [-0.2, -0.15) is 0 Å². The molecule has 1 aromatic carbocycles. The van der Waals surface area contributed by atoms with Crippen LogP contribution < -0.4 is 10.6 Å². The number of rotatable bonds is 7. The van der Waals surface area contributed by atoms with Crippen LogP contribution in [-0.2, 0) is 0 Å². The number of hydrogen-bond acceptors (Lipinski definition) is 4. The van der Waals surface area contributed by atoms with E-state index in [9.17, 15) is 14.3 Å². The molecule has 6 nitrogen and oxygen atoms in total. The minimum absolute atomic E-state index is 0.00641. The Hall–Kier alpha value is -2.38. The highest BCUT2D eigenvalue weighted by molar-refractivity contribution is 5.73. The molecule has 27 heavy (non-hydrogen) atoms. The first-order valence-corrected chi connectivity index (χ1v) is 9.36. The van der Waals surface area contributed by atoms with Gasteiger partial charge in [0.05, 0.1) is 18.4 Å². The van der Waals surface area contributed by atoms with Crippen LogP contribution in [0.15, 0.2) is 47.1 Å². The van der Waals surface area contributed by atoms with Crippen molar-refractivity contribution in [2.45, 2.75) is 31.4 Å². The number of amides is 2. The van der Waals surface area contributed by atoms with Crippen molar-refractivity contribution in [2.75, 3.05) is 26.2 Å². The van der Waals surface area contributed by atoms with Crippen molar-refractivity contribution >= 4 is 6.03 Å². The standard InChI is InChI=1S/C20H26FN3O3/c21-16-8-6-15(7-9-16)18(25)14-23-20(26)22-13-17(19-5-4-12-27-19)24-10-2-1-3-11-24/h4-9,12,17-18,25H,1-3,10-11,13-14H2,(H2,22,23,26). The molecule has 2 unspecified atom stereocenters. The third kappa shape index (κ3) is 5.55. The molecule has 1 aliphatic heterocycles. The molecule has 2 amide bonds. The molecule has 1 aliphatic rings. The lowest BCUT2D eigenvalue weighted by Gasteiger charge is -2.33. The van der Waals surface area contributed by atoms with E-state index in [1.807, 2.05) is 12.1 Å². The van der Waals surface area contributed by atoms with Crippen molar-refractivity contribution in [3.8, 4) is 0 Å². The third-order valence-electron chi connectivity index (χ3n) is 4.87. The zero-order valence-electron chi connectivity index (χ0n) is 15.2. The summed E-state index contributed by atoms with van der Waals surface area (Å²) >= 11 is 0. The van der Waals surface area contributed by atoms with E-state index in [2.05, 4.69) is 15.5 Å². The van der Waals surface area contributed by atoms with Gasteiger partial charge < -0.3 is 20.2 Å². The number of furan rings is 1. The average molecular weight is 375 g/mol. The van der Waals surface area contributed by atoms with E-state index < -0.39 is 6.10 Å². The van der Waals surface area contributed by atoms with Gasteiger partial charge in [0.1, 0.15) is 11.6 Å². The number of likely N-dealkylation sites (tertiary alicyclic amines) is 1. The Kier molecular flexibility index (Phi) is 6.84. The fourth-order valence-corrected chi connectivity index (χ4v) is 3.36. The predicted molar refractivity (Wildman–Crippen MR) is 99.6 cm³/mol. The summed E-state index contributed by atoms with van der Waals surface area (Å²) in [6.07, 6.45) is 4.28. The van der Waals surface area contributed by atoms with Crippen LogP contribution in [0.4, 0.5) is 9.18 Å². The van der Waals surface area contributed by atoms with Crippen LogP contribution in [-0.4, -0.2) is 42.2 Å². The fraction of sp³-hybridized carbons (Fsp3) is 0.450. The van der Waals surface area contributed by atoms with Crippen molar-refractivity contribution in [1.29, 1.82) is 0 Å². The van der Waals surface area contributed by atoms with Crippen LogP contribution >= 0.6 is 0 Å². The fourth-order valence-electron chi connectivity index (χ4n) is 3.36. The molecule has 3 N–H and O–H groups in total. The number of nitrogens with zero attached hydrogens (tertiary/aromatic N) is 1. The molecule has 2 aromatic rings. The predicted octanol–water partition coefficient (Wildman–Crippen LogP) is 2.98. The Bertz CT molecular complexity index is 700. The van der Waals surface area contributed by atoms with E-state index in [-0.39, 0.29) is 24.4 Å². The number of halogens is 1.